The minimum Gasteiger partial charge on any atom is -0.467 e. The topological polar surface area (TPSA) is 116 Å². The van der Waals surface area contributed by atoms with E-state index in [0.717, 1.165) is 7.11 Å². The number of nitrogens with zero attached hydrogens (tertiary/aromatic N) is 1. The summed E-state index contributed by atoms with van der Waals surface area (Å²) >= 11 is 0. The Morgan fingerprint density at radius 3 is 1.69 bits per heavy atom. The number of carbonyl (C=O) groups is 5. The van der Waals surface area contributed by atoms with Gasteiger partial charge in [0.15, 0.2) is 0 Å². The zero-order valence-corrected chi connectivity index (χ0v) is 18.2. The molecule has 0 radical (unpaired) electrons. The van der Waals surface area contributed by atoms with E-state index in [1.54, 1.807) is 41.5 Å². The van der Waals surface area contributed by atoms with Crippen molar-refractivity contribution >= 4 is 29.7 Å². The molecule has 0 heterocycles. The standard InChI is InChI=1S/C20H31NO8/c1-19(2,3)28-17(25)21(18(26)29-20(4,5)6)13(16(24)27-7)11-12-14(22)9-8-10-15(12)23/h12-13H,8-11H2,1-7H3/t13-/m0/s1. The van der Waals surface area contributed by atoms with Gasteiger partial charge in [0, 0.05) is 12.8 Å². The van der Waals surface area contributed by atoms with Crippen molar-refractivity contribution in [3.8, 4) is 0 Å². The SMILES string of the molecule is COC(=O)[C@H](CC1C(=O)CCCC1=O)N(C(=O)OC(C)(C)C)C(=O)OC(C)(C)C. The fourth-order valence-corrected chi connectivity index (χ4v) is 2.85. The summed E-state index contributed by atoms with van der Waals surface area (Å²) in [6.07, 6.45) is -1.79. The number of carbonyl (C=O) groups excluding carboxylic acids is 5. The van der Waals surface area contributed by atoms with E-state index < -0.39 is 41.3 Å². The maximum Gasteiger partial charge on any atom is 0.420 e. The average Bonchev–Trinajstić information content (AvgIpc) is 2.52. The van der Waals surface area contributed by atoms with Gasteiger partial charge in [-0.15, -0.1) is 0 Å². The van der Waals surface area contributed by atoms with Gasteiger partial charge in [-0.1, -0.05) is 0 Å². The monoisotopic (exact) mass is 413 g/mol. The van der Waals surface area contributed by atoms with Crippen molar-refractivity contribution in [2.75, 3.05) is 7.11 Å². The lowest BCUT2D eigenvalue weighted by molar-refractivity contribution is -0.148. The van der Waals surface area contributed by atoms with Gasteiger partial charge in [0.2, 0.25) is 0 Å². The quantitative estimate of drug-likeness (QED) is 0.392. The number of ether oxygens (including phenoxy) is 3. The van der Waals surface area contributed by atoms with Crippen molar-refractivity contribution < 1.29 is 38.2 Å². The van der Waals surface area contributed by atoms with E-state index in [1.165, 1.54) is 0 Å². The first-order valence-electron chi connectivity index (χ1n) is 9.54. The number of methoxy groups -OCH3 is 1. The molecular formula is C20H31NO8. The Morgan fingerprint density at radius 1 is 0.931 bits per heavy atom. The summed E-state index contributed by atoms with van der Waals surface area (Å²) in [6.45, 7) is 9.58. The molecular weight excluding hydrogens is 382 g/mol. The van der Waals surface area contributed by atoms with Gasteiger partial charge >= 0.3 is 18.2 Å². The van der Waals surface area contributed by atoms with Crippen molar-refractivity contribution in [2.24, 2.45) is 5.92 Å². The number of imide groups is 1. The first kappa shape index (κ1) is 24.6. The predicted octanol–water partition coefficient (Wildman–Crippen LogP) is 3.03. The Labute approximate surface area is 171 Å². The van der Waals surface area contributed by atoms with Gasteiger partial charge in [-0.05, 0) is 54.4 Å². The molecule has 29 heavy (non-hydrogen) atoms. The van der Waals surface area contributed by atoms with E-state index in [2.05, 4.69) is 0 Å². The molecule has 1 atom stereocenters. The minimum atomic E-state index is -1.54. The molecule has 0 bridgehead atoms. The molecule has 0 aromatic rings. The number of Topliss-reactive ketones (excluding diaryl/α,β-unsaturated/α-hetero) is 2. The summed E-state index contributed by atoms with van der Waals surface area (Å²) in [6, 6.07) is -1.54. The van der Waals surface area contributed by atoms with E-state index in [0.29, 0.717) is 11.3 Å². The first-order chi connectivity index (χ1) is 13.2. The molecule has 9 heteroatoms. The van der Waals surface area contributed by atoms with Crippen LogP contribution in [0.4, 0.5) is 9.59 Å². The molecule has 1 saturated carbocycles. The Morgan fingerprint density at radius 2 is 1.34 bits per heavy atom. The van der Waals surface area contributed by atoms with Crippen LogP contribution in [0.2, 0.25) is 0 Å². The average molecular weight is 413 g/mol. The Bertz CT molecular complexity index is 627. The molecule has 1 aliphatic rings. The van der Waals surface area contributed by atoms with Crippen LogP contribution in [0.3, 0.4) is 0 Å². The van der Waals surface area contributed by atoms with Crippen LogP contribution in [0.5, 0.6) is 0 Å². The summed E-state index contributed by atoms with van der Waals surface area (Å²) in [5.74, 6) is -2.71. The minimum absolute atomic E-state index is 0.198. The van der Waals surface area contributed by atoms with E-state index in [9.17, 15) is 24.0 Å². The van der Waals surface area contributed by atoms with Crippen LogP contribution < -0.4 is 0 Å². The molecule has 0 spiro atoms. The molecule has 0 saturated heterocycles. The summed E-state index contributed by atoms with van der Waals surface area (Å²) in [7, 11) is 1.09. The molecule has 0 aliphatic heterocycles. The van der Waals surface area contributed by atoms with Gasteiger partial charge < -0.3 is 14.2 Å². The summed E-state index contributed by atoms with van der Waals surface area (Å²) in [4.78, 5) is 63.0. The highest BCUT2D eigenvalue weighted by Crippen LogP contribution is 2.26. The van der Waals surface area contributed by atoms with E-state index in [-0.39, 0.29) is 30.8 Å². The third-order valence-corrected chi connectivity index (χ3v) is 4.05. The van der Waals surface area contributed by atoms with Crippen molar-refractivity contribution in [1.29, 1.82) is 0 Å². The van der Waals surface area contributed by atoms with Crippen LogP contribution in [0.25, 0.3) is 0 Å². The molecule has 2 amide bonds. The Balaban J connectivity index is 3.32. The normalized spacial score (nSPS) is 16.8. The number of amides is 2. The lowest BCUT2D eigenvalue weighted by atomic mass is 9.82. The molecule has 0 aromatic heterocycles. The summed E-state index contributed by atoms with van der Waals surface area (Å²) in [5.41, 5.74) is -1.93. The molecule has 1 aliphatic carbocycles. The van der Waals surface area contributed by atoms with Gasteiger partial charge in [-0.3, -0.25) is 9.59 Å². The number of esters is 1. The molecule has 9 nitrogen and oxygen atoms in total. The molecule has 164 valence electrons. The maximum absolute atomic E-state index is 12.8. The van der Waals surface area contributed by atoms with Crippen LogP contribution >= 0.6 is 0 Å². The molecule has 1 rings (SSSR count). The highest BCUT2D eigenvalue weighted by Gasteiger charge is 2.44. The summed E-state index contributed by atoms with van der Waals surface area (Å²) in [5, 5.41) is 0. The fourth-order valence-electron chi connectivity index (χ4n) is 2.85. The van der Waals surface area contributed by atoms with Crippen molar-refractivity contribution in [3.63, 3.8) is 0 Å². The number of hydrogen-bond donors (Lipinski definition) is 0. The Kier molecular flexibility index (Phi) is 7.94. The predicted molar refractivity (Wildman–Crippen MR) is 102 cm³/mol. The van der Waals surface area contributed by atoms with Gasteiger partial charge in [0.1, 0.15) is 28.8 Å². The van der Waals surface area contributed by atoms with Crippen molar-refractivity contribution in [3.05, 3.63) is 0 Å². The first-order valence-corrected chi connectivity index (χ1v) is 9.54. The molecule has 0 unspecified atom stereocenters. The largest absolute Gasteiger partial charge is 0.467 e. The Hall–Kier alpha value is -2.45. The van der Waals surface area contributed by atoms with Crippen LogP contribution in [-0.4, -0.2) is 59.0 Å². The van der Waals surface area contributed by atoms with Crippen LogP contribution in [-0.2, 0) is 28.6 Å². The third-order valence-electron chi connectivity index (χ3n) is 4.05. The fraction of sp³-hybridized carbons (Fsp3) is 0.750. The molecule has 0 N–H and O–H groups in total. The van der Waals surface area contributed by atoms with Crippen molar-refractivity contribution in [1.82, 2.24) is 4.90 Å². The highest BCUT2D eigenvalue weighted by atomic mass is 16.6. The van der Waals surface area contributed by atoms with Gasteiger partial charge in [0.05, 0.1) is 13.0 Å². The number of hydrogen-bond acceptors (Lipinski definition) is 8. The van der Waals surface area contributed by atoms with Gasteiger partial charge in [0.25, 0.3) is 0 Å². The summed E-state index contributed by atoms with van der Waals surface area (Å²) < 4.78 is 15.3. The van der Waals surface area contributed by atoms with E-state index >= 15 is 0 Å². The van der Waals surface area contributed by atoms with E-state index in [4.69, 9.17) is 14.2 Å². The second-order valence-electron chi connectivity index (χ2n) is 8.94. The van der Waals surface area contributed by atoms with E-state index in [1.807, 2.05) is 0 Å². The number of rotatable bonds is 4. The third kappa shape index (κ3) is 7.47. The second kappa shape index (κ2) is 9.37. The van der Waals surface area contributed by atoms with Crippen LogP contribution in [0.1, 0.15) is 67.2 Å². The van der Waals surface area contributed by atoms with Crippen LogP contribution in [0.15, 0.2) is 0 Å². The maximum atomic E-state index is 12.8. The zero-order valence-electron chi connectivity index (χ0n) is 18.2. The zero-order chi connectivity index (χ0) is 22.6. The smallest absolute Gasteiger partial charge is 0.420 e. The molecule has 0 aromatic carbocycles. The van der Waals surface area contributed by atoms with Gasteiger partial charge in [-0.25, -0.2) is 14.4 Å². The van der Waals surface area contributed by atoms with Crippen molar-refractivity contribution in [2.45, 2.75) is 84.5 Å². The lowest BCUT2D eigenvalue weighted by Crippen LogP contribution is -2.53. The lowest BCUT2D eigenvalue weighted by Gasteiger charge is -2.33. The highest BCUT2D eigenvalue weighted by molar-refractivity contribution is 6.05. The van der Waals surface area contributed by atoms with Crippen LogP contribution in [0, 0.1) is 5.92 Å². The second-order valence-corrected chi connectivity index (χ2v) is 8.94. The molecule has 1 fully saturated rings. The van der Waals surface area contributed by atoms with Gasteiger partial charge in [-0.2, -0.15) is 4.90 Å². The number of ketones is 2.